The standard InChI is InChI=1S/C18H19ClN2O3/c1-12-7-8-16(15(19)9-12)20-17(22)11-24-18(23)13-5-4-6-14(10-13)21(2)3/h4-10H,11H2,1-3H3,(H,20,22). The number of rotatable bonds is 5. The van der Waals surface area contributed by atoms with Crippen LogP contribution in [-0.4, -0.2) is 32.6 Å². The minimum Gasteiger partial charge on any atom is -0.452 e. The first kappa shape index (κ1) is 17.8. The molecule has 6 heteroatoms. The van der Waals surface area contributed by atoms with E-state index in [2.05, 4.69) is 5.32 Å². The maximum atomic E-state index is 12.0. The van der Waals surface area contributed by atoms with Crippen molar-refractivity contribution >= 4 is 34.9 Å². The van der Waals surface area contributed by atoms with E-state index in [1.54, 1.807) is 30.3 Å². The maximum absolute atomic E-state index is 12.0. The molecule has 0 bridgehead atoms. The van der Waals surface area contributed by atoms with Gasteiger partial charge in [0, 0.05) is 19.8 Å². The first-order valence-electron chi connectivity index (χ1n) is 7.37. The van der Waals surface area contributed by atoms with Crippen LogP contribution in [0.25, 0.3) is 0 Å². The number of hydrogen-bond acceptors (Lipinski definition) is 4. The number of aryl methyl sites for hydroxylation is 1. The first-order valence-corrected chi connectivity index (χ1v) is 7.75. The number of nitrogens with zero attached hydrogens (tertiary/aromatic N) is 1. The number of ether oxygens (including phenoxy) is 1. The SMILES string of the molecule is Cc1ccc(NC(=O)COC(=O)c2cccc(N(C)C)c2)c(Cl)c1. The summed E-state index contributed by atoms with van der Waals surface area (Å²) in [7, 11) is 3.76. The van der Waals surface area contributed by atoms with Crippen molar-refractivity contribution in [3.8, 4) is 0 Å². The Balaban J connectivity index is 1.93. The molecule has 2 aromatic carbocycles. The third-order valence-electron chi connectivity index (χ3n) is 3.33. The van der Waals surface area contributed by atoms with Crippen LogP contribution in [-0.2, 0) is 9.53 Å². The van der Waals surface area contributed by atoms with Crippen LogP contribution in [0.5, 0.6) is 0 Å². The van der Waals surface area contributed by atoms with Gasteiger partial charge >= 0.3 is 5.97 Å². The van der Waals surface area contributed by atoms with Gasteiger partial charge in [-0.1, -0.05) is 23.7 Å². The summed E-state index contributed by atoms with van der Waals surface area (Å²) in [5, 5.41) is 3.06. The summed E-state index contributed by atoms with van der Waals surface area (Å²) in [6, 6.07) is 12.3. The molecule has 0 fully saturated rings. The van der Waals surface area contributed by atoms with Crippen LogP contribution < -0.4 is 10.2 Å². The van der Waals surface area contributed by atoms with Crippen LogP contribution in [0.2, 0.25) is 5.02 Å². The molecular formula is C18H19ClN2O3. The largest absolute Gasteiger partial charge is 0.452 e. The van der Waals surface area contributed by atoms with Crippen molar-refractivity contribution in [1.82, 2.24) is 0 Å². The average molecular weight is 347 g/mol. The second-order valence-electron chi connectivity index (χ2n) is 5.55. The highest BCUT2D eigenvalue weighted by molar-refractivity contribution is 6.33. The predicted molar refractivity (Wildman–Crippen MR) is 95.9 cm³/mol. The van der Waals surface area contributed by atoms with E-state index < -0.39 is 11.9 Å². The Hall–Kier alpha value is -2.53. The zero-order chi connectivity index (χ0) is 17.7. The number of halogens is 1. The lowest BCUT2D eigenvalue weighted by Gasteiger charge is -2.13. The summed E-state index contributed by atoms with van der Waals surface area (Å²) in [5.74, 6) is -0.998. The van der Waals surface area contributed by atoms with E-state index in [9.17, 15) is 9.59 Å². The van der Waals surface area contributed by atoms with Gasteiger partial charge in [-0.2, -0.15) is 0 Å². The fourth-order valence-electron chi connectivity index (χ4n) is 2.03. The molecule has 0 unspecified atom stereocenters. The monoisotopic (exact) mass is 346 g/mol. The molecule has 0 aliphatic carbocycles. The van der Waals surface area contributed by atoms with Crippen molar-refractivity contribution in [3.63, 3.8) is 0 Å². The second kappa shape index (κ2) is 7.84. The lowest BCUT2D eigenvalue weighted by Crippen LogP contribution is -2.21. The Morgan fingerprint density at radius 1 is 1.17 bits per heavy atom. The minimum atomic E-state index is -0.552. The van der Waals surface area contributed by atoms with Crippen LogP contribution in [0.3, 0.4) is 0 Å². The van der Waals surface area contributed by atoms with Crippen molar-refractivity contribution in [1.29, 1.82) is 0 Å². The van der Waals surface area contributed by atoms with E-state index in [1.807, 2.05) is 38.1 Å². The molecule has 2 rings (SSSR count). The molecule has 0 spiro atoms. The zero-order valence-corrected chi connectivity index (χ0v) is 14.6. The van der Waals surface area contributed by atoms with Gasteiger partial charge in [0.25, 0.3) is 5.91 Å². The molecule has 0 saturated heterocycles. The number of hydrogen-bond donors (Lipinski definition) is 1. The molecule has 0 aromatic heterocycles. The molecule has 0 atom stereocenters. The summed E-state index contributed by atoms with van der Waals surface area (Å²) >= 11 is 6.05. The minimum absolute atomic E-state index is 0.380. The average Bonchev–Trinajstić information content (AvgIpc) is 2.55. The molecule has 0 heterocycles. The molecule has 0 aliphatic heterocycles. The Bertz CT molecular complexity index is 760. The number of carbonyl (C=O) groups excluding carboxylic acids is 2. The number of nitrogens with one attached hydrogen (secondary N) is 1. The van der Waals surface area contributed by atoms with Gasteiger partial charge in [-0.3, -0.25) is 4.79 Å². The van der Waals surface area contributed by atoms with Crippen molar-refractivity contribution < 1.29 is 14.3 Å². The van der Waals surface area contributed by atoms with Gasteiger partial charge in [0.15, 0.2) is 6.61 Å². The lowest BCUT2D eigenvalue weighted by molar-refractivity contribution is -0.119. The summed E-state index contributed by atoms with van der Waals surface area (Å²) in [5.41, 5.74) is 2.74. The number of carbonyl (C=O) groups is 2. The van der Waals surface area contributed by atoms with Crippen molar-refractivity contribution in [2.45, 2.75) is 6.92 Å². The summed E-state index contributed by atoms with van der Waals surface area (Å²) in [4.78, 5) is 25.8. The summed E-state index contributed by atoms with van der Waals surface area (Å²) in [6.07, 6.45) is 0. The van der Waals surface area contributed by atoms with Crippen molar-refractivity contribution in [2.24, 2.45) is 0 Å². The van der Waals surface area contributed by atoms with Crippen molar-refractivity contribution in [2.75, 3.05) is 30.9 Å². The fraction of sp³-hybridized carbons (Fsp3) is 0.222. The second-order valence-corrected chi connectivity index (χ2v) is 5.96. The lowest BCUT2D eigenvalue weighted by atomic mass is 10.2. The van der Waals surface area contributed by atoms with E-state index in [0.29, 0.717) is 16.3 Å². The number of benzene rings is 2. The molecule has 126 valence electrons. The molecule has 5 nitrogen and oxygen atoms in total. The molecule has 24 heavy (non-hydrogen) atoms. The molecule has 1 N–H and O–H groups in total. The van der Waals surface area contributed by atoms with Crippen LogP contribution in [0, 0.1) is 6.92 Å². The summed E-state index contributed by atoms with van der Waals surface area (Å²) in [6.45, 7) is 1.52. The number of esters is 1. The van der Waals surface area contributed by atoms with Gasteiger partial charge in [-0.05, 0) is 42.8 Å². The van der Waals surface area contributed by atoms with E-state index in [0.717, 1.165) is 11.3 Å². The quantitative estimate of drug-likeness (QED) is 0.842. The number of amides is 1. The van der Waals surface area contributed by atoms with Gasteiger partial charge < -0.3 is 15.0 Å². The predicted octanol–water partition coefficient (Wildman–Crippen LogP) is 3.51. The van der Waals surface area contributed by atoms with Gasteiger partial charge in [0.1, 0.15) is 0 Å². The van der Waals surface area contributed by atoms with Crippen molar-refractivity contribution in [3.05, 3.63) is 58.6 Å². The molecule has 0 saturated carbocycles. The Morgan fingerprint density at radius 2 is 1.92 bits per heavy atom. The van der Waals surface area contributed by atoms with Crippen LogP contribution >= 0.6 is 11.6 Å². The highest BCUT2D eigenvalue weighted by atomic mass is 35.5. The highest BCUT2D eigenvalue weighted by Gasteiger charge is 2.12. The van der Waals surface area contributed by atoms with E-state index >= 15 is 0 Å². The van der Waals surface area contributed by atoms with E-state index in [4.69, 9.17) is 16.3 Å². The zero-order valence-electron chi connectivity index (χ0n) is 13.8. The van der Waals surface area contributed by atoms with Crippen LogP contribution in [0.4, 0.5) is 11.4 Å². The first-order chi connectivity index (χ1) is 11.4. The van der Waals surface area contributed by atoms with Gasteiger partial charge in [0.05, 0.1) is 16.3 Å². The summed E-state index contributed by atoms with van der Waals surface area (Å²) < 4.78 is 5.05. The smallest absolute Gasteiger partial charge is 0.338 e. The molecule has 1 amide bonds. The molecular weight excluding hydrogens is 328 g/mol. The molecule has 2 aromatic rings. The van der Waals surface area contributed by atoms with E-state index in [-0.39, 0.29) is 6.61 Å². The third-order valence-corrected chi connectivity index (χ3v) is 3.64. The normalized spacial score (nSPS) is 10.2. The third kappa shape index (κ3) is 4.73. The highest BCUT2D eigenvalue weighted by Crippen LogP contribution is 2.22. The Morgan fingerprint density at radius 3 is 2.58 bits per heavy atom. The maximum Gasteiger partial charge on any atom is 0.338 e. The Kier molecular flexibility index (Phi) is 5.82. The van der Waals surface area contributed by atoms with Crippen LogP contribution in [0.1, 0.15) is 15.9 Å². The van der Waals surface area contributed by atoms with Gasteiger partial charge in [-0.15, -0.1) is 0 Å². The van der Waals surface area contributed by atoms with Gasteiger partial charge in [0.2, 0.25) is 0 Å². The van der Waals surface area contributed by atoms with Gasteiger partial charge in [-0.25, -0.2) is 4.79 Å². The topological polar surface area (TPSA) is 58.6 Å². The molecule has 0 radical (unpaired) electrons. The Labute approximate surface area is 146 Å². The molecule has 0 aliphatic rings. The van der Waals surface area contributed by atoms with E-state index in [1.165, 1.54) is 0 Å². The van der Waals surface area contributed by atoms with Crippen LogP contribution in [0.15, 0.2) is 42.5 Å². The fourth-order valence-corrected chi connectivity index (χ4v) is 2.32. The number of anilines is 2.